The van der Waals surface area contributed by atoms with Crippen molar-refractivity contribution in [1.29, 1.82) is 0 Å². The molecule has 6 rings (SSSR count). The zero-order valence-corrected chi connectivity index (χ0v) is 23.9. The molecule has 2 saturated heterocycles. The molecule has 3 N–H and O–H groups in total. The number of nitrogens with zero attached hydrogens (tertiary/aromatic N) is 2. The first-order valence-corrected chi connectivity index (χ1v) is 14.7. The van der Waals surface area contributed by atoms with Crippen LogP contribution in [-0.2, 0) is 6.61 Å². The lowest BCUT2D eigenvalue weighted by Gasteiger charge is -2.39. The second-order valence-electron chi connectivity index (χ2n) is 11.5. The number of amides is 1. The third kappa shape index (κ3) is 6.22. The van der Waals surface area contributed by atoms with Gasteiger partial charge in [0, 0.05) is 72.7 Å². The monoisotopic (exact) mass is 560 g/mol. The number of hydrogen-bond acceptors (Lipinski definition) is 7. The maximum atomic E-state index is 13.2. The largest absolute Gasteiger partial charge is 0.497 e. The molecule has 9 heteroatoms. The summed E-state index contributed by atoms with van der Waals surface area (Å²) in [5.41, 5.74) is 3.11. The van der Waals surface area contributed by atoms with Crippen LogP contribution in [0.5, 0.6) is 11.5 Å². The van der Waals surface area contributed by atoms with E-state index in [1.807, 2.05) is 42.5 Å². The van der Waals surface area contributed by atoms with Crippen molar-refractivity contribution in [3.8, 4) is 11.5 Å². The fourth-order valence-corrected chi connectivity index (χ4v) is 6.17. The highest BCUT2D eigenvalue weighted by molar-refractivity contribution is 5.99. The number of furan rings is 1. The number of carbonyl (C=O) groups is 1. The van der Waals surface area contributed by atoms with E-state index in [9.17, 15) is 9.90 Å². The number of H-pyrrole nitrogens is 1. The van der Waals surface area contributed by atoms with Crippen LogP contribution in [0.1, 0.15) is 48.7 Å². The number of methoxy groups -OCH3 is 1. The minimum atomic E-state index is -0.137. The lowest BCUT2D eigenvalue weighted by Crippen LogP contribution is -2.50. The summed E-state index contributed by atoms with van der Waals surface area (Å²) in [6, 6.07) is 14.1. The average Bonchev–Trinajstić information content (AvgIpc) is 3.62. The van der Waals surface area contributed by atoms with Crippen molar-refractivity contribution < 1.29 is 23.8 Å². The van der Waals surface area contributed by atoms with Gasteiger partial charge in [-0.3, -0.25) is 9.69 Å². The van der Waals surface area contributed by atoms with E-state index in [1.165, 1.54) is 0 Å². The summed E-state index contributed by atoms with van der Waals surface area (Å²) in [5.74, 6) is 1.38. The van der Waals surface area contributed by atoms with E-state index >= 15 is 0 Å². The standard InChI is InChI=1S/C32H40N4O5/c1-21(36-14-10-24(37)11-15-36)18-35-12-8-23(9-13-35)33-32(38)29-17-27-28(34-29)4-3-5-30(27)40-19-22-20-41-31-16-25(39-2)6-7-26(22)31/h3-7,16-17,20-21,23-24,34,37H,8-15,18-19H2,1-2H3,(H,33,38)/t21-/m0/s1. The molecule has 1 amide bonds. The Morgan fingerprint density at radius 1 is 1.10 bits per heavy atom. The van der Waals surface area contributed by atoms with Crippen LogP contribution in [0.3, 0.4) is 0 Å². The van der Waals surface area contributed by atoms with Crippen LogP contribution in [0.25, 0.3) is 21.9 Å². The molecule has 2 fully saturated rings. The van der Waals surface area contributed by atoms with Crippen molar-refractivity contribution >= 4 is 27.8 Å². The fraction of sp³-hybridized carbons (Fsp3) is 0.469. The van der Waals surface area contributed by atoms with Gasteiger partial charge in [-0.1, -0.05) is 6.07 Å². The van der Waals surface area contributed by atoms with Gasteiger partial charge in [-0.25, -0.2) is 0 Å². The highest BCUT2D eigenvalue weighted by Crippen LogP contribution is 2.30. The first kappa shape index (κ1) is 27.6. The van der Waals surface area contributed by atoms with Gasteiger partial charge < -0.3 is 34.2 Å². The van der Waals surface area contributed by atoms with Crippen molar-refractivity contribution in [2.24, 2.45) is 0 Å². The summed E-state index contributed by atoms with van der Waals surface area (Å²) < 4.78 is 17.2. The molecule has 0 spiro atoms. The molecule has 0 radical (unpaired) electrons. The zero-order chi connectivity index (χ0) is 28.3. The second kappa shape index (κ2) is 12.1. The lowest BCUT2D eigenvalue weighted by molar-refractivity contribution is 0.0497. The van der Waals surface area contributed by atoms with Gasteiger partial charge in [-0.2, -0.15) is 0 Å². The first-order chi connectivity index (χ1) is 20.0. The molecule has 0 saturated carbocycles. The van der Waals surface area contributed by atoms with Gasteiger partial charge >= 0.3 is 0 Å². The molecule has 0 unspecified atom stereocenters. The number of aliphatic hydroxyl groups excluding tert-OH is 1. The number of carbonyl (C=O) groups excluding carboxylic acids is 1. The smallest absolute Gasteiger partial charge is 0.267 e. The minimum absolute atomic E-state index is 0.0828. The number of aliphatic hydroxyl groups is 1. The van der Waals surface area contributed by atoms with E-state index in [4.69, 9.17) is 13.9 Å². The van der Waals surface area contributed by atoms with Crippen molar-refractivity contribution in [3.05, 3.63) is 60.0 Å². The SMILES string of the molecule is COc1ccc2c(COc3cccc4[nH]c(C(=O)NC5CCN(C[C@H](C)N6CCC(O)CC6)CC5)cc34)coc2c1. The van der Waals surface area contributed by atoms with E-state index in [1.54, 1.807) is 13.4 Å². The summed E-state index contributed by atoms with van der Waals surface area (Å²) in [7, 11) is 1.63. The number of rotatable bonds is 9. The zero-order valence-electron chi connectivity index (χ0n) is 23.9. The molecule has 218 valence electrons. The lowest BCUT2D eigenvalue weighted by atomic mass is 10.0. The molecular weight excluding hydrogens is 520 g/mol. The number of ether oxygens (including phenoxy) is 2. The molecule has 2 aromatic carbocycles. The van der Waals surface area contributed by atoms with Crippen LogP contribution in [-0.4, -0.2) is 83.8 Å². The van der Waals surface area contributed by atoms with E-state index < -0.39 is 0 Å². The highest BCUT2D eigenvalue weighted by atomic mass is 16.5. The number of nitrogens with one attached hydrogen (secondary N) is 2. The van der Waals surface area contributed by atoms with Crippen molar-refractivity contribution in [2.75, 3.05) is 39.8 Å². The molecule has 2 aliphatic rings. The van der Waals surface area contributed by atoms with Crippen LogP contribution >= 0.6 is 0 Å². The van der Waals surface area contributed by atoms with Crippen molar-refractivity contribution in [2.45, 2.75) is 57.4 Å². The van der Waals surface area contributed by atoms with Gasteiger partial charge in [0.25, 0.3) is 5.91 Å². The Hall–Kier alpha value is -3.53. The minimum Gasteiger partial charge on any atom is -0.497 e. The maximum Gasteiger partial charge on any atom is 0.267 e. The molecule has 0 aliphatic carbocycles. The number of benzene rings is 2. The van der Waals surface area contributed by atoms with Crippen molar-refractivity contribution in [3.63, 3.8) is 0 Å². The Bertz CT molecular complexity index is 1480. The molecule has 1 atom stereocenters. The second-order valence-corrected chi connectivity index (χ2v) is 11.5. The molecule has 9 nitrogen and oxygen atoms in total. The van der Waals surface area contributed by atoms with E-state index in [2.05, 4.69) is 27.0 Å². The Labute approximate surface area is 240 Å². The molecule has 4 aromatic rings. The van der Waals surface area contributed by atoms with Gasteiger partial charge in [0.1, 0.15) is 29.4 Å². The Morgan fingerprint density at radius 3 is 2.68 bits per heavy atom. The molecule has 2 aromatic heterocycles. The number of aromatic nitrogens is 1. The molecule has 0 bridgehead atoms. The Balaban J connectivity index is 1.03. The summed E-state index contributed by atoms with van der Waals surface area (Å²) in [6.45, 7) is 7.57. The number of aromatic amines is 1. The predicted molar refractivity (Wildman–Crippen MR) is 159 cm³/mol. The van der Waals surface area contributed by atoms with Crippen LogP contribution in [0.2, 0.25) is 0 Å². The highest BCUT2D eigenvalue weighted by Gasteiger charge is 2.26. The number of fused-ring (bicyclic) bond motifs is 2. The quantitative estimate of drug-likeness (QED) is 0.276. The first-order valence-electron chi connectivity index (χ1n) is 14.7. The van der Waals surface area contributed by atoms with E-state index in [-0.39, 0.29) is 18.1 Å². The summed E-state index contributed by atoms with van der Waals surface area (Å²) >= 11 is 0. The van der Waals surface area contributed by atoms with Crippen LogP contribution in [0, 0.1) is 0 Å². The van der Waals surface area contributed by atoms with Crippen molar-refractivity contribution in [1.82, 2.24) is 20.1 Å². The molecule has 4 heterocycles. The molecule has 41 heavy (non-hydrogen) atoms. The van der Waals surface area contributed by atoms with Crippen LogP contribution in [0.4, 0.5) is 0 Å². The fourth-order valence-electron chi connectivity index (χ4n) is 6.17. The van der Waals surface area contributed by atoms with Gasteiger partial charge in [0.05, 0.1) is 19.5 Å². The normalized spacial score (nSPS) is 18.6. The van der Waals surface area contributed by atoms with Crippen LogP contribution < -0.4 is 14.8 Å². The summed E-state index contributed by atoms with van der Waals surface area (Å²) in [5, 5.41) is 14.9. The molecular formula is C32H40N4O5. The number of hydrogen-bond donors (Lipinski definition) is 3. The third-order valence-electron chi connectivity index (χ3n) is 8.68. The van der Waals surface area contributed by atoms with E-state index in [0.29, 0.717) is 24.1 Å². The maximum absolute atomic E-state index is 13.2. The molecule has 2 aliphatic heterocycles. The van der Waals surface area contributed by atoms with Gasteiger partial charge in [0.2, 0.25) is 0 Å². The van der Waals surface area contributed by atoms with Gasteiger partial charge in [0.15, 0.2) is 0 Å². The Morgan fingerprint density at radius 2 is 1.90 bits per heavy atom. The van der Waals surface area contributed by atoms with Gasteiger partial charge in [-0.05, 0) is 62.9 Å². The third-order valence-corrected chi connectivity index (χ3v) is 8.68. The number of piperidine rings is 2. The summed E-state index contributed by atoms with van der Waals surface area (Å²) in [6.07, 6.45) is 5.20. The summed E-state index contributed by atoms with van der Waals surface area (Å²) in [4.78, 5) is 21.5. The Kier molecular flexibility index (Phi) is 8.18. The average molecular weight is 561 g/mol. The van der Waals surface area contributed by atoms with Crippen LogP contribution in [0.15, 0.2) is 53.1 Å². The van der Waals surface area contributed by atoms with Gasteiger partial charge in [-0.15, -0.1) is 0 Å². The predicted octanol–water partition coefficient (Wildman–Crippen LogP) is 4.54. The topological polar surface area (TPSA) is 103 Å². The number of likely N-dealkylation sites (tertiary alicyclic amines) is 2. The van der Waals surface area contributed by atoms with E-state index in [0.717, 1.165) is 91.6 Å².